The summed E-state index contributed by atoms with van der Waals surface area (Å²) in [6, 6.07) is 11.8. The minimum Gasteiger partial charge on any atom is -0.280 e. The second kappa shape index (κ2) is 6.83. The highest BCUT2D eigenvalue weighted by molar-refractivity contribution is 7.93. The molecule has 0 unspecified atom stereocenters. The van der Waals surface area contributed by atoms with Crippen molar-refractivity contribution in [1.29, 1.82) is 0 Å². The predicted octanol–water partition coefficient (Wildman–Crippen LogP) is 2.91. The minimum atomic E-state index is -3.73. The molecule has 0 aromatic heterocycles. The number of hydrogen-bond donors (Lipinski definition) is 1. The van der Waals surface area contributed by atoms with E-state index in [1.54, 1.807) is 36.4 Å². The summed E-state index contributed by atoms with van der Waals surface area (Å²) in [6.45, 7) is 0.420. The van der Waals surface area contributed by atoms with Crippen LogP contribution in [0.25, 0.3) is 0 Å². The first-order valence-corrected chi connectivity index (χ1v) is 12.2. The molecule has 1 aliphatic heterocycles. The second-order valence-electron chi connectivity index (χ2n) is 7.04. The third kappa shape index (κ3) is 3.68. The number of anilines is 2. The van der Waals surface area contributed by atoms with Crippen molar-refractivity contribution in [1.82, 2.24) is 0 Å². The molecule has 27 heavy (non-hydrogen) atoms. The smallest absolute Gasteiger partial charge is 0.261 e. The SMILES string of the molecule is O=S(=O)(Nc1cccc(N2CCCS2(=O)=O)c1)c1ccc2c(c1)CCCC2. The van der Waals surface area contributed by atoms with Crippen molar-refractivity contribution in [2.45, 2.75) is 37.0 Å². The normalized spacial score (nSPS) is 18.9. The van der Waals surface area contributed by atoms with E-state index in [4.69, 9.17) is 0 Å². The topological polar surface area (TPSA) is 83.6 Å². The number of aryl methyl sites for hydroxylation is 2. The first kappa shape index (κ1) is 18.3. The Labute approximate surface area is 160 Å². The molecule has 2 aromatic carbocycles. The van der Waals surface area contributed by atoms with Gasteiger partial charge in [0.25, 0.3) is 10.0 Å². The van der Waals surface area contributed by atoms with Crippen molar-refractivity contribution >= 4 is 31.4 Å². The van der Waals surface area contributed by atoms with Gasteiger partial charge in [-0.1, -0.05) is 12.1 Å². The summed E-state index contributed by atoms with van der Waals surface area (Å²) in [5.41, 5.74) is 3.16. The Morgan fingerprint density at radius 2 is 1.70 bits per heavy atom. The number of nitrogens with zero attached hydrogens (tertiary/aromatic N) is 1. The van der Waals surface area contributed by atoms with Crippen molar-refractivity contribution in [3.8, 4) is 0 Å². The summed E-state index contributed by atoms with van der Waals surface area (Å²) < 4.78 is 53.7. The Hall–Kier alpha value is -2.06. The standard InChI is InChI=1S/C19H22N2O4S2/c22-26(23)12-4-11-21(26)18-8-3-7-17(14-18)20-27(24,25)19-10-9-15-5-1-2-6-16(15)13-19/h3,7-10,13-14,20H,1-2,4-6,11-12H2. The average molecular weight is 407 g/mol. The van der Waals surface area contributed by atoms with E-state index in [0.717, 1.165) is 31.2 Å². The van der Waals surface area contributed by atoms with E-state index in [1.807, 2.05) is 6.07 Å². The molecule has 1 aliphatic carbocycles. The number of rotatable bonds is 4. The molecule has 1 saturated heterocycles. The molecule has 2 aliphatic rings. The summed E-state index contributed by atoms with van der Waals surface area (Å²) in [4.78, 5) is 0.238. The minimum absolute atomic E-state index is 0.123. The average Bonchev–Trinajstić information content (AvgIpc) is 3.00. The molecule has 0 amide bonds. The summed E-state index contributed by atoms with van der Waals surface area (Å²) in [5.74, 6) is 0.123. The lowest BCUT2D eigenvalue weighted by atomic mass is 9.92. The van der Waals surface area contributed by atoms with Crippen molar-refractivity contribution in [2.75, 3.05) is 21.3 Å². The van der Waals surface area contributed by atoms with Gasteiger partial charge in [-0.05, 0) is 73.6 Å². The molecule has 0 radical (unpaired) electrons. The van der Waals surface area contributed by atoms with E-state index < -0.39 is 20.0 Å². The van der Waals surface area contributed by atoms with E-state index in [1.165, 1.54) is 9.87 Å². The molecule has 0 bridgehead atoms. The third-order valence-electron chi connectivity index (χ3n) is 5.12. The van der Waals surface area contributed by atoms with Gasteiger partial charge in [0.2, 0.25) is 10.0 Å². The molecule has 6 nitrogen and oxygen atoms in total. The summed E-state index contributed by atoms with van der Waals surface area (Å²) in [7, 11) is -7.04. The van der Waals surface area contributed by atoms with E-state index in [0.29, 0.717) is 24.3 Å². The lowest BCUT2D eigenvalue weighted by Gasteiger charge is -2.19. The maximum Gasteiger partial charge on any atom is 0.261 e. The zero-order valence-electron chi connectivity index (χ0n) is 14.9. The van der Waals surface area contributed by atoms with Crippen molar-refractivity contribution in [3.63, 3.8) is 0 Å². The van der Waals surface area contributed by atoms with Gasteiger partial charge in [-0.3, -0.25) is 9.03 Å². The van der Waals surface area contributed by atoms with Crippen LogP contribution in [0.4, 0.5) is 11.4 Å². The summed E-state index contributed by atoms with van der Waals surface area (Å²) in [5, 5.41) is 0. The van der Waals surface area contributed by atoms with Gasteiger partial charge in [0, 0.05) is 6.54 Å². The van der Waals surface area contributed by atoms with E-state index in [-0.39, 0.29) is 10.6 Å². The van der Waals surface area contributed by atoms with Crippen LogP contribution in [-0.2, 0) is 32.9 Å². The number of sulfonamides is 2. The van der Waals surface area contributed by atoms with Crippen LogP contribution in [0.5, 0.6) is 0 Å². The molecule has 8 heteroatoms. The maximum absolute atomic E-state index is 12.8. The van der Waals surface area contributed by atoms with Gasteiger partial charge in [0.1, 0.15) is 0 Å². The van der Waals surface area contributed by atoms with Gasteiger partial charge in [0.15, 0.2) is 0 Å². The fourth-order valence-electron chi connectivity index (χ4n) is 3.75. The fraction of sp³-hybridized carbons (Fsp3) is 0.368. The second-order valence-corrected chi connectivity index (χ2v) is 10.7. The van der Waals surface area contributed by atoms with Crippen LogP contribution in [0.15, 0.2) is 47.4 Å². The van der Waals surface area contributed by atoms with Gasteiger partial charge < -0.3 is 0 Å². The van der Waals surface area contributed by atoms with Gasteiger partial charge in [0.05, 0.1) is 22.0 Å². The zero-order valence-corrected chi connectivity index (χ0v) is 16.5. The van der Waals surface area contributed by atoms with Crippen LogP contribution in [0.3, 0.4) is 0 Å². The van der Waals surface area contributed by atoms with Gasteiger partial charge in [-0.25, -0.2) is 16.8 Å². The Kier molecular flexibility index (Phi) is 4.63. The molecule has 144 valence electrons. The van der Waals surface area contributed by atoms with E-state index in [2.05, 4.69) is 4.72 Å². The maximum atomic E-state index is 12.8. The summed E-state index contributed by atoms with van der Waals surface area (Å²) >= 11 is 0. The van der Waals surface area contributed by atoms with Gasteiger partial charge >= 0.3 is 0 Å². The predicted molar refractivity (Wildman–Crippen MR) is 106 cm³/mol. The quantitative estimate of drug-likeness (QED) is 0.846. The highest BCUT2D eigenvalue weighted by Crippen LogP contribution is 2.29. The highest BCUT2D eigenvalue weighted by atomic mass is 32.2. The fourth-order valence-corrected chi connectivity index (χ4v) is 6.40. The molecule has 1 fully saturated rings. The molecule has 2 aromatic rings. The first-order valence-electron chi connectivity index (χ1n) is 9.10. The number of fused-ring (bicyclic) bond motifs is 1. The van der Waals surface area contributed by atoms with E-state index >= 15 is 0 Å². The lowest BCUT2D eigenvalue weighted by Crippen LogP contribution is -2.25. The van der Waals surface area contributed by atoms with Crippen molar-refractivity contribution in [2.24, 2.45) is 0 Å². The Bertz CT molecular complexity index is 1080. The number of hydrogen-bond acceptors (Lipinski definition) is 4. The highest BCUT2D eigenvalue weighted by Gasteiger charge is 2.28. The van der Waals surface area contributed by atoms with E-state index in [9.17, 15) is 16.8 Å². The van der Waals surface area contributed by atoms with Crippen molar-refractivity contribution in [3.05, 3.63) is 53.6 Å². The molecule has 0 saturated carbocycles. The Morgan fingerprint density at radius 3 is 2.44 bits per heavy atom. The third-order valence-corrected chi connectivity index (χ3v) is 8.36. The van der Waals surface area contributed by atoms with Crippen molar-refractivity contribution < 1.29 is 16.8 Å². The molecule has 4 rings (SSSR count). The van der Waals surface area contributed by atoms with Crippen LogP contribution in [-0.4, -0.2) is 29.1 Å². The number of benzene rings is 2. The van der Waals surface area contributed by atoms with Gasteiger partial charge in [-0.15, -0.1) is 0 Å². The Morgan fingerprint density at radius 1 is 0.926 bits per heavy atom. The largest absolute Gasteiger partial charge is 0.280 e. The molecule has 0 spiro atoms. The molecule has 1 N–H and O–H groups in total. The Balaban J connectivity index is 1.61. The van der Waals surface area contributed by atoms with Crippen LogP contribution < -0.4 is 9.03 Å². The van der Waals surface area contributed by atoms with Gasteiger partial charge in [-0.2, -0.15) is 0 Å². The monoisotopic (exact) mass is 406 g/mol. The molecule has 1 heterocycles. The van der Waals surface area contributed by atoms with Crippen LogP contribution >= 0.6 is 0 Å². The zero-order chi connectivity index (χ0) is 19.1. The lowest BCUT2D eigenvalue weighted by molar-refractivity contribution is 0.598. The summed E-state index contributed by atoms with van der Waals surface area (Å²) in [6.07, 6.45) is 4.70. The molecule has 0 atom stereocenters. The van der Waals surface area contributed by atoms with Crippen LogP contribution in [0, 0.1) is 0 Å². The first-order chi connectivity index (χ1) is 12.9. The number of nitrogens with one attached hydrogen (secondary N) is 1. The van der Waals surface area contributed by atoms with Crippen LogP contribution in [0.2, 0.25) is 0 Å². The van der Waals surface area contributed by atoms with Crippen LogP contribution in [0.1, 0.15) is 30.4 Å². The molecular formula is C19H22N2O4S2. The molecular weight excluding hydrogens is 384 g/mol.